The van der Waals surface area contributed by atoms with E-state index in [9.17, 15) is 9.18 Å². The standard InChI is InChI=1S/C19H17FN2OS/c1-11-8-13(3)15(9-12(11)2)17-10-24-19(21-17)22-18(23)14-6-4-5-7-16(14)20/h4-10H,1-3H3,(H,21,22,23). The van der Waals surface area contributed by atoms with Crippen molar-refractivity contribution in [3.63, 3.8) is 0 Å². The van der Waals surface area contributed by atoms with Gasteiger partial charge in [-0.25, -0.2) is 9.37 Å². The van der Waals surface area contributed by atoms with Gasteiger partial charge in [-0.05, 0) is 55.7 Å². The van der Waals surface area contributed by atoms with Crippen LogP contribution in [0.1, 0.15) is 27.0 Å². The Labute approximate surface area is 144 Å². The zero-order chi connectivity index (χ0) is 17.3. The van der Waals surface area contributed by atoms with E-state index < -0.39 is 11.7 Å². The molecule has 0 unspecified atom stereocenters. The van der Waals surface area contributed by atoms with Gasteiger partial charge in [0.25, 0.3) is 5.91 Å². The first kappa shape index (κ1) is 16.3. The monoisotopic (exact) mass is 340 g/mol. The van der Waals surface area contributed by atoms with E-state index in [2.05, 4.69) is 36.3 Å². The van der Waals surface area contributed by atoms with Crippen LogP contribution in [0.15, 0.2) is 41.8 Å². The highest BCUT2D eigenvalue weighted by molar-refractivity contribution is 7.14. The van der Waals surface area contributed by atoms with Crippen LogP contribution in [0.3, 0.4) is 0 Å². The number of nitrogens with zero attached hydrogens (tertiary/aromatic N) is 1. The predicted octanol–water partition coefficient (Wildman–Crippen LogP) is 5.13. The molecular formula is C19H17FN2OS. The molecule has 0 aliphatic rings. The molecule has 0 radical (unpaired) electrons. The van der Waals surface area contributed by atoms with E-state index in [1.165, 1.54) is 34.6 Å². The van der Waals surface area contributed by atoms with Crippen LogP contribution in [-0.4, -0.2) is 10.9 Å². The Bertz CT molecular complexity index is 917. The molecule has 3 rings (SSSR count). The van der Waals surface area contributed by atoms with Gasteiger partial charge in [0, 0.05) is 10.9 Å². The number of benzene rings is 2. The van der Waals surface area contributed by atoms with Crippen molar-refractivity contribution in [3.05, 3.63) is 69.8 Å². The number of hydrogen-bond donors (Lipinski definition) is 1. The maximum Gasteiger partial charge on any atom is 0.260 e. The van der Waals surface area contributed by atoms with Crippen molar-refractivity contribution in [3.8, 4) is 11.3 Å². The molecule has 5 heteroatoms. The summed E-state index contributed by atoms with van der Waals surface area (Å²) in [6.45, 7) is 6.18. The van der Waals surface area contributed by atoms with E-state index in [1.54, 1.807) is 12.1 Å². The number of halogens is 1. The van der Waals surface area contributed by atoms with Gasteiger partial charge in [0.2, 0.25) is 0 Å². The van der Waals surface area contributed by atoms with Gasteiger partial charge >= 0.3 is 0 Å². The number of carbonyl (C=O) groups excluding carboxylic acids is 1. The molecule has 3 nitrogen and oxygen atoms in total. The average molecular weight is 340 g/mol. The van der Waals surface area contributed by atoms with E-state index in [-0.39, 0.29) is 5.56 Å². The van der Waals surface area contributed by atoms with E-state index in [0.29, 0.717) is 5.13 Å². The average Bonchev–Trinajstić information content (AvgIpc) is 2.99. The molecule has 0 aliphatic carbocycles. The van der Waals surface area contributed by atoms with E-state index in [4.69, 9.17) is 0 Å². The van der Waals surface area contributed by atoms with E-state index in [1.807, 2.05) is 12.3 Å². The highest BCUT2D eigenvalue weighted by atomic mass is 32.1. The molecule has 0 saturated heterocycles. The first-order valence-corrected chi connectivity index (χ1v) is 8.43. The summed E-state index contributed by atoms with van der Waals surface area (Å²) in [5.41, 5.74) is 5.43. The molecule has 3 aromatic rings. The lowest BCUT2D eigenvalue weighted by atomic mass is 9.99. The third-order valence-electron chi connectivity index (χ3n) is 3.96. The Morgan fingerprint density at radius 2 is 1.79 bits per heavy atom. The van der Waals surface area contributed by atoms with Gasteiger partial charge in [-0.1, -0.05) is 18.2 Å². The van der Waals surface area contributed by atoms with Crippen molar-refractivity contribution in [1.82, 2.24) is 4.98 Å². The second-order valence-corrected chi connectivity index (χ2v) is 6.58. The van der Waals surface area contributed by atoms with Gasteiger partial charge < -0.3 is 0 Å². The lowest BCUT2D eigenvalue weighted by Gasteiger charge is -2.07. The maximum atomic E-state index is 13.7. The molecule has 24 heavy (non-hydrogen) atoms. The highest BCUT2D eigenvalue weighted by Crippen LogP contribution is 2.29. The Hall–Kier alpha value is -2.53. The normalized spacial score (nSPS) is 10.7. The minimum Gasteiger partial charge on any atom is -0.298 e. The lowest BCUT2D eigenvalue weighted by Crippen LogP contribution is -2.13. The fourth-order valence-electron chi connectivity index (χ4n) is 2.50. The third-order valence-corrected chi connectivity index (χ3v) is 4.72. The zero-order valence-electron chi connectivity index (χ0n) is 13.7. The van der Waals surface area contributed by atoms with Gasteiger partial charge in [0.05, 0.1) is 11.3 Å². The van der Waals surface area contributed by atoms with Crippen LogP contribution in [0.25, 0.3) is 11.3 Å². The van der Waals surface area contributed by atoms with Crippen molar-refractivity contribution in [2.45, 2.75) is 20.8 Å². The molecule has 0 fully saturated rings. The lowest BCUT2D eigenvalue weighted by molar-refractivity contribution is 0.102. The Balaban J connectivity index is 1.85. The summed E-state index contributed by atoms with van der Waals surface area (Å²) in [5.74, 6) is -1.04. The molecule has 122 valence electrons. The fraction of sp³-hybridized carbons (Fsp3) is 0.158. The molecule has 0 atom stereocenters. The predicted molar refractivity (Wildman–Crippen MR) is 96.1 cm³/mol. The number of aryl methyl sites for hydroxylation is 3. The van der Waals surface area contributed by atoms with Crippen LogP contribution in [0.4, 0.5) is 9.52 Å². The van der Waals surface area contributed by atoms with Crippen molar-refractivity contribution in [1.29, 1.82) is 0 Å². The van der Waals surface area contributed by atoms with Crippen molar-refractivity contribution in [2.24, 2.45) is 0 Å². The second-order valence-electron chi connectivity index (χ2n) is 5.72. The van der Waals surface area contributed by atoms with E-state index >= 15 is 0 Å². The summed E-state index contributed by atoms with van der Waals surface area (Å²) < 4.78 is 13.7. The molecule has 1 aromatic heterocycles. The molecule has 2 aromatic carbocycles. The summed E-state index contributed by atoms with van der Waals surface area (Å²) in [6, 6.07) is 10.1. The van der Waals surface area contributed by atoms with Gasteiger partial charge in [0.15, 0.2) is 5.13 Å². The largest absolute Gasteiger partial charge is 0.298 e. The van der Waals surface area contributed by atoms with Gasteiger partial charge in [-0.15, -0.1) is 11.3 Å². The molecular weight excluding hydrogens is 323 g/mol. The van der Waals surface area contributed by atoms with Gasteiger partial charge in [-0.2, -0.15) is 0 Å². The number of rotatable bonds is 3. The SMILES string of the molecule is Cc1cc(C)c(-c2csc(NC(=O)c3ccccc3F)n2)cc1C. The molecule has 0 spiro atoms. The topological polar surface area (TPSA) is 42.0 Å². The van der Waals surface area contributed by atoms with Crippen molar-refractivity contribution < 1.29 is 9.18 Å². The molecule has 1 amide bonds. The number of thiazole rings is 1. The number of amides is 1. The van der Waals surface area contributed by atoms with Gasteiger partial charge in [-0.3, -0.25) is 10.1 Å². The minimum atomic E-state index is -0.545. The summed E-state index contributed by atoms with van der Waals surface area (Å²) in [5, 5.41) is 5.01. The van der Waals surface area contributed by atoms with Crippen LogP contribution in [0.2, 0.25) is 0 Å². The number of nitrogens with one attached hydrogen (secondary N) is 1. The van der Waals surface area contributed by atoms with Gasteiger partial charge in [0.1, 0.15) is 5.82 Å². The fourth-order valence-corrected chi connectivity index (χ4v) is 3.21. The van der Waals surface area contributed by atoms with Crippen LogP contribution in [0.5, 0.6) is 0 Å². The Morgan fingerprint density at radius 3 is 2.54 bits per heavy atom. The summed E-state index contributed by atoms with van der Waals surface area (Å²) >= 11 is 1.33. The second kappa shape index (κ2) is 6.53. The number of aromatic nitrogens is 1. The summed E-state index contributed by atoms with van der Waals surface area (Å²) in [4.78, 5) is 16.6. The first-order chi connectivity index (χ1) is 11.5. The number of anilines is 1. The molecule has 1 N–H and O–H groups in total. The molecule has 1 heterocycles. The number of carbonyl (C=O) groups is 1. The minimum absolute atomic E-state index is 0.0108. The van der Waals surface area contributed by atoms with Crippen molar-refractivity contribution >= 4 is 22.4 Å². The Kier molecular flexibility index (Phi) is 4.44. The number of hydrogen-bond acceptors (Lipinski definition) is 3. The molecule has 0 bridgehead atoms. The zero-order valence-corrected chi connectivity index (χ0v) is 14.5. The smallest absolute Gasteiger partial charge is 0.260 e. The molecule has 0 saturated carbocycles. The van der Waals surface area contributed by atoms with Crippen LogP contribution in [-0.2, 0) is 0 Å². The first-order valence-electron chi connectivity index (χ1n) is 7.55. The Morgan fingerprint density at radius 1 is 1.08 bits per heavy atom. The molecule has 0 aliphatic heterocycles. The highest BCUT2D eigenvalue weighted by Gasteiger charge is 2.14. The van der Waals surface area contributed by atoms with Crippen LogP contribution >= 0.6 is 11.3 Å². The summed E-state index contributed by atoms with van der Waals surface area (Å²) in [6.07, 6.45) is 0. The maximum absolute atomic E-state index is 13.7. The van der Waals surface area contributed by atoms with E-state index in [0.717, 1.165) is 16.8 Å². The van der Waals surface area contributed by atoms with Crippen molar-refractivity contribution in [2.75, 3.05) is 5.32 Å². The quantitative estimate of drug-likeness (QED) is 0.718. The third kappa shape index (κ3) is 3.21. The van der Waals surface area contributed by atoms with Crippen LogP contribution in [0, 0.1) is 26.6 Å². The summed E-state index contributed by atoms with van der Waals surface area (Å²) in [7, 11) is 0. The van der Waals surface area contributed by atoms with Crippen LogP contribution < -0.4 is 5.32 Å².